The van der Waals surface area contributed by atoms with Gasteiger partial charge in [0.2, 0.25) is 0 Å². The second kappa shape index (κ2) is 6.38. The first kappa shape index (κ1) is 13.6. The highest BCUT2D eigenvalue weighted by Gasteiger charge is 2.15. The Morgan fingerprint density at radius 3 is 2.84 bits per heavy atom. The maximum absolute atomic E-state index is 12.0. The molecule has 4 nitrogen and oxygen atoms in total. The van der Waals surface area contributed by atoms with E-state index in [0.717, 1.165) is 23.9 Å². The van der Waals surface area contributed by atoms with Crippen molar-refractivity contribution < 1.29 is 14.3 Å². The molecule has 0 saturated carbocycles. The molecule has 0 unspecified atom stereocenters. The van der Waals surface area contributed by atoms with Gasteiger partial charge in [-0.3, -0.25) is 0 Å². The van der Waals surface area contributed by atoms with Crippen molar-refractivity contribution in [2.75, 3.05) is 20.3 Å². The Morgan fingerprint density at radius 1 is 1.32 bits per heavy atom. The van der Waals surface area contributed by atoms with Gasteiger partial charge in [-0.1, -0.05) is 18.2 Å². The molecular weight excluding hydrogens is 242 g/mol. The third-order valence-electron chi connectivity index (χ3n) is 3.03. The van der Waals surface area contributed by atoms with E-state index < -0.39 is 0 Å². The number of hydrogen-bond donors (Lipinski definition) is 0. The summed E-state index contributed by atoms with van der Waals surface area (Å²) in [5.41, 5.74) is 1.67. The van der Waals surface area contributed by atoms with E-state index in [1.54, 1.807) is 7.11 Å². The van der Waals surface area contributed by atoms with E-state index in [1.807, 2.05) is 41.8 Å². The van der Waals surface area contributed by atoms with Crippen molar-refractivity contribution in [2.45, 2.75) is 19.9 Å². The van der Waals surface area contributed by atoms with E-state index in [9.17, 15) is 4.79 Å². The SMILES string of the molecule is CCOC(=O)c1cc2ccccc2n1CCCOC. The number of aryl methyl sites for hydroxylation is 1. The van der Waals surface area contributed by atoms with Crippen LogP contribution in [0.15, 0.2) is 30.3 Å². The summed E-state index contributed by atoms with van der Waals surface area (Å²) < 4.78 is 12.2. The van der Waals surface area contributed by atoms with Gasteiger partial charge >= 0.3 is 5.97 Å². The summed E-state index contributed by atoms with van der Waals surface area (Å²) in [6, 6.07) is 9.86. The maximum Gasteiger partial charge on any atom is 0.354 e. The van der Waals surface area contributed by atoms with E-state index >= 15 is 0 Å². The summed E-state index contributed by atoms with van der Waals surface area (Å²) in [7, 11) is 1.68. The smallest absolute Gasteiger partial charge is 0.354 e. The first-order valence-corrected chi connectivity index (χ1v) is 6.52. The average Bonchev–Trinajstić information content (AvgIpc) is 2.79. The number of fused-ring (bicyclic) bond motifs is 1. The van der Waals surface area contributed by atoms with Gasteiger partial charge in [0.1, 0.15) is 5.69 Å². The number of ether oxygens (including phenoxy) is 2. The van der Waals surface area contributed by atoms with Crippen molar-refractivity contribution in [2.24, 2.45) is 0 Å². The standard InChI is InChI=1S/C15H19NO3/c1-3-19-15(17)14-11-12-7-4-5-8-13(12)16(14)9-6-10-18-2/h4-5,7-8,11H,3,6,9-10H2,1-2H3. The second-order valence-corrected chi connectivity index (χ2v) is 4.31. The van der Waals surface area contributed by atoms with Crippen molar-refractivity contribution in [3.8, 4) is 0 Å². The predicted octanol–water partition coefficient (Wildman–Crippen LogP) is 2.85. The van der Waals surface area contributed by atoms with Crippen molar-refractivity contribution in [3.05, 3.63) is 36.0 Å². The van der Waals surface area contributed by atoms with Gasteiger partial charge in [-0.15, -0.1) is 0 Å². The molecule has 2 aromatic rings. The third kappa shape index (κ3) is 2.96. The average molecular weight is 261 g/mol. The van der Waals surface area contributed by atoms with Crippen LogP contribution in [0.4, 0.5) is 0 Å². The number of para-hydroxylation sites is 1. The second-order valence-electron chi connectivity index (χ2n) is 4.31. The van der Waals surface area contributed by atoms with Gasteiger partial charge in [0, 0.05) is 31.2 Å². The van der Waals surface area contributed by atoms with Gasteiger partial charge < -0.3 is 14.0 Å². The molecule has 0 N–H and O–H groups in total. The fourth-order valence-corrected chi connectivity index (χ4v) is 2.19. The zero-order valence-corrected chi connectivity index (χ0v) is 11.4. The Morgan fingerprint density at radius 2 is 2.11 bits per heavy atom. The molecule has 0 amide bonds. The van der Waals surface area contributed by atoms with Crippen LogP contribution in [0.2, 0.25) is 0 Å². The van der Waals surface area contributed by atoms with Gasteiger partial charge in [-0.05, 0) is 25.5 Å². The molecule has 19 heavy (non-hydrogen) atoms. The van der Waals surface area contributed by atoms with Gasteiger partial charge in [0.25, 0.3) is 0 Å². The minimum atomic E-state index is -0.267. The van der Waals surface area contributed by atoms with Crippen molar-refractivity contribution in [3.63, 3.8) is 0 Å². The van der Waals surface area contributed by atoms with Crippen LogP contribution in [0.5, 0.6) is 0 Å². The molecule has 0 atom stereocenters. The van der Waals surface area contributed by atoms with Crippen LogP contribution < -0.4 is 0 Å². The molecule has 0 saturated heterocycles. The number of esters is 1. The summed E-state index contributed by atoms with van der Waals surface area (Å²) in [6.45, 7) is 3.62. The number of methoxy groups -OCH3 is 1. The Balaban J connectivity index is 2.37. The molecular formula is C15H19NO3. The van der Waals surface area contributed by atoms with E-state index in [4.69, 9.17) is 9.47 Å². The van der Waals surface area contributed by atoms with Gasteiger partial charge in [0.05, 0.1) is 6.61 Å². The zero-order valence-electron chi connectivity index (χ0n) is 11.4. The van der Waals surface area contributed by atoms with Crippen LogP contribution in [0.25, 0.3) is 10.9 Å². The van der Waals surface area contributed by atoms with Crippen LogP contribution in [0.3, 0.4) is 0 Å². The Labute approximate surface area is 112 Å². The zero-order chi connectivity index (χ0) is 13.7. The molecule has 2 rings (SSSR count). The molecule has 0 aliphatic carbocycles. The lowest BCUT2D eigenvalue weighted by Crippen LogP contribution is -2.13. The maximum atomic E-state index is 12.0. The van der Waals surface area contributed by atoms with Gasteiger partial charge in [0.15, 0.2) is 0 Å². The Hall–Kier alpha value is -1.81. The third-order valence-corrected chi connectivity index (χ3v) is 3.03. The summed E-state index contributed by atoms with van der Waals surface area (Å²) in [5, 5.41) is 1.06. The van der Waals surface area contributed by atoms with Gasteiger partial charge in [-0.25, -0.2) is 4.79 Å². The molecule has 1 heterocycles. The monoisotopic (exact) mass is 261 g/mol. The van der Waals surface area contributed by atoms with Crippen molar-refractivity contribution >= 4 is 16.9 Å². The van der Waals surface area contributed by atoms with Crippen LogP contribution in [-0.4, -0.2) is 30.9 Å². The summed E-state index contributed by atoms with van der Waals surface area (Å²) in [6.07, 6.45) is 0.863. The number of rotatable bonds is 6. The molecule has 0 aliphatic heterocycles. The number of benzene rings is 1. The first-order valence-electron chi connectivity index (χ1n) is 6.52. The summed E-state index contributed by atoms with van der Waals surface area (Å²) >= 11 is 0. The number of nitrogens with zero attached hydrogens (tertiary/aromatic N) is 1. The number of carbonyl (C=O) groups is 1. The molecule has 102 valence electrons. The van der Waals surface area contributed by atoms with Crippen LogP contribution >= 0.6 is 0 Å². The van der Waals surface area contributed by atoms with Crippen LogP contribution in [0, 0.1) is 0 Å². The predicted molar refractivity (Wildman–Crippen MR) is 74.4 cm³/mol. The summed E-state index contributed by atoms with van der Waals surface area (Å²) in [4.78, 5) is 12.0. The fraction of sp³-hybridized carbons (Fsp3) is 0.400. The van der Waals surface area contributed by atoms with Crippen LogP contribution in [-0.2, 0) is 16.0 Å². The van der Waals surface area contributed by atoms with Gasteiger partial charge in [-0.2, -0.15) is 0 Å². The highest BCUT2D eigenvalue weighted by Crippen LogP contribution is 2.21. The van der Waals surface area contributed by atoms with Crippen molar-refractivity contribution in [1.29, 1.82) is 0 Å². The summed E-state index contributed by atoms with van der Waals surface area (Å²) in [5.74, 6) is -0.267. The highest BCUT2D eigenvalue weighted by molar-refractivity contribution is 5.95. The van der Waals surface area contributed by atoms with E-state index in [1.165, 1.54) is 0 Å². The molecule has 1 aromatic carbocycles. The van der Waals surface area contributed by atoms with E-state index in [-0.39, 0.29) is 5.97 Å². The minimum Gasteiger partial charge on any atom is -0.461 e. The lowest BCUT2D eigenvalue weighted by molar-refractivity contribution is 0.0513. The molecule has 0 fully saturated rings. The topological polar surface area (TPSA) is 40.5 Å². The van der Waals surface area contributed by atoms with Crippen LogP contribution in [0.1, 0.15) is 23.8 Å². The molecule has 0 bridgehead atoms. The lowest BCUT2D eigenvalue weighted by Gasteiger charge is -2.09. The minimum absolute atomic E-state index is 0.267. The molecule has 0 radical (unpaired) electrons. The largest absolute Gasteiger partial charge is 0.461 e. The Kier molecular flexibility index (Phi) is 4.58. The van der Waals surface area contributed by atoms with E-state index in [2.05, 4.69) is 0 Å². The number of hydrogen-bond acceptors (Lipinski definition) is 3. The molecule has 1 aromatic heterocycles. The quantitative estimate of drug-likeness (QED) is 0.593. The Bertz CT molecular complexity index is 560. The first-order chi connectivity index (χ1) is 9.27. The molecule has 4 heteroatoms. The molecule has 0 spiro atoms. The molecule has 0 aliphatic rings. The lowest BCUT2D eigenvalue weighted by atomic mass is 10.2. The number of aromatic nitrogens is 1. The van der Waals surface area contributed by atoms with Crippen molar-refractivity contribution in [1.82, 2.24) is 4.57 Å². The highest BCUT2D eigenvalue weighted by atomic mass is 16.5. The van der Waals surface area contributed by atoms with E-state index in [0.29, 0.717) is 18.9 Å². The normalized spacial score (nSPS) is 10.8. The fourth-order valence-electron chi connectivity index (χ4n) is 2.19. The number of carbonyl (C=O) groups excluding carboxylic acids is 1.